The van der Waals surface area contributed by atoms with Crippen molar-refractivity contribution in [3.63, 3.8) is 0 Å². The monoisotopic (exact) mass is 252 g/mol. The fraction of sp³-hybridized carbons (Fsp3) is 0.214. The maximum atomic E-state index is 11.9. The normalized spacial score (nSPS) is 12.8. The quantitative estimate of drug-likeness (QED) is 0.854. The van der Waals surface area contributed by atoms with Gasteiger partial charge in [-0.25, -0.2) is 4.98 Å². The van der Waals surface area contributed by atoms with Crippen molar-refractivity contribution in [3.8, 4) is 6.07 Å². The molecule has 1 aromatic heterocycles. The zero-order valence-electron chi connectivity index (χ0n) is 10.2. The van der Waals surface area contributed by atoms with Gasteiger partial charge in [0.25, 0.3) is 5.56 Å². The second kappa shape index (κ2) is 4.58. The van der Waals surface area contributed by atoms with Crippen LogP contribution < -0.4 is 10.9 Å². The summed E-state index contributed by atoms with van der Waals surface area (Å²) in [6, 6.07) is 9.13. The number of hydrogen-bond acceptors (Lipinski definition) is 4. The first-order valence-electron chi connectivity index (χ1n) is 6.15. The molecule has 2 N–H and O–H groups in total. The van der Waals surface area contributed by atoms with E-state index in [1.165, 1.54) is 0 Å². The molecule has 0 saturated carbocycles. The lowest BCUT2D eigenvalue weighted by Gasteiger charge is -2.07. The number of nitrogens with zero attached hydrogens (tertiary/aromatic N) is 2. The highest BCUT2D eigenvalue weighted by atomic mass is 16.1. The fourth-order valence-corrected chi connectivity index (χ4v) is 2.30. The Morgan fingerprint density at radius 2 is 2.26 bits per heavy atom. The highest BCUT2D eigenvalue weighted by Gasteiger charge is 2.16. The maximum Gasteiger partial charge on any atom is 0.255 e. The molecule has 19 heavy (non-hydrogen) atoms. The summed E-state index contributed by atoms with van der Waals surface area (Å²) in [6.45, 7) is 0. The van der Waals surface area contributed by atoms with Crippen LogP contribution in [0.3, 0.4) is 0 Å². The Balaban J connectivity index is 1.94. The minimum absolute atomic E-state index is 0.0681. The topological polar surface area (TPSA) is 81.6 Å². The van der Waals surface area contributed by atoms with Gasteiger partial charge in [-0.05, 0) is 37.5 Å². The van der Waals surface area contributed by atoms with E-state index >= 15 is 0 Å². The van der Waals surface area contributed by atoms with Crippen LogP contribution in [-0.2, 0) is 12.8 Å². The zero-order valence-corrected chi connectivity index (χ0v) is 10.2. The van der Waals surface area contributed by atoms with Crippen molar-refractivity contribution in [1.29, 1.82) is 5.26 Å². The van der Waals surface area contributed by atoms with Gasteiger partial charge >= 0.3 is 0 Å². The van der Waals surface area contributed by atoms with Crippen LogP contribution in [0.25, 0.3) is 0 Å². The molecule has 1 aromatic carbocycles. The Morgan fingerprint density at radius 1 is 1.37 bits per heavy atom. The third-order valence-corrected chi connectivity index (χ3v) is 3.20. The number of nitriles is 1. The second-order valence-electron chi connectivity index (χ2n) is 4.51. The molecule has 0 amide bonds. The predicted molar refractivity (Wildman–Crippen MR) is 71.3 cm³/mol. The summed E-state index contributed by atoms with van der Waals surface area (Å²) in [5.74, 6) is 0.431. The summed E-state index contributed by atoms with van der Waals surface area (Å²) in [6.07, 6.45) is 2.65. The van der Waals surface area contributed by atoms with Gasteiger partial charge in [-0.15, -0.1) is 0 Å². The number of benzene rings is 1. The second-order valence-corrected chi connectivity index (χ2v) is 4.51. The number of aryl methyl sites for hydroxylation is 1. The Morgan fingerprint density at radius 3 is 3.11 bits per heavy atom. The molecule has 0 spiro atoms. The molecular weight excluding hydrogens is 240 g/mol. The lowest BCUT2D eigenvalue weighted by atomic mass is 10.2. The summed E-state index contributed by atoms with van der Waals surface area (Å²) in [7, 11) is 0. The molecule has 3 rings (SSSR count). The van der Waals surface area contributed by atoms with Gasteiger partial charge in [-0.2, -0.15) is 5.26 Å². The van der Waals surface area contributed by atoms with Gasteiger partial charge in [0, 0.05) is 11.3 Å². The molecule has 5 nitrogen and oxygen atoms in total. The molecule has 94 valence electrons. The molecular formula is C14H12N4O. The molecule has 5 heteroatoms. The van der Waals surface area contributed by atoms with Gasteiger partial charge in [0.15, 0.2) is 0 Å². The van der Waals surface area contributed by atoms with Crippen molar-refractivity contribution in [2.24, 2.45) is 0 Å². The smallest absolute Gasteiger partial charge is 0.255 e. The van der Waals surface area contributed by atoms with E-state index in [4.69, 9.17) is 5.26 Å². The summed E-state index contributed by atoms with van der Waals surface area (Å²) in [4.78, 5) is 19.0. The van der Waals surface area contributed by atoms with Crippen LogP contribution in [0.4, 0.5) is 11.6 Å². The number of anilines is 2. The number of hydrogen-bond donors (Lipinski definition) is 2. The summed E-state index contributed by atoms with van der Waals surface area (Å²) in [5, 5.41) is 11.9. The van der Waals surface area contributed by atoms with Crippen molar-refractivity contribution in [2.75, 3.05) is 5.32 Å². The maximum absolute atomic E-state index is 11.9. The van der Waals surface area contributed by atoms with Gasteiger partial charge in [0.1, 0.15) is 0 Å². The van der Waals surface area contributed by atoms with Crippen molar-refractivity contribution in [2.45, 2.75) is 19.3 Å². The van der Waals surface area contributed by atoms with Crippen LogP contribution >= 0.6 is 0 Å². The zero-order chi connectivity index (χ0) is 13.2. The van der Waals surface area contributed by atoms with E-state index in [-0.39, 0.29) is 5.56 Å². The van der Waals surface area contributed by atoms with E-state index < -0.39 is 0 Å². The van der Waals surface area contributed by atoms with Crippen LogP contribution in [0.2, 0.25) is 0 Å². The number of nitrogens with one attached hydrogen (secondary N) is 2. The average Bonchev–Trinajstić information content (AvgIpc) is 2.88. The summed E-state index contributed by atoms with van der Waals surface area (Å²) >= 11 is 0. The van der Waals surface area contributed by atoms with E-state index in [0.29, 0.717) is 11.5 Å². The number of fused-ring (bicyclic) bond motifs is 1. The van der Waals surface area contributed by atoms with Crippen LogP contribution in [0, 0.1) is 11.3 Å². The van der Waals surface area contributed by atoms with Crippen LogP contribution in [0.1, 0.15) is 23.2 Å². The molecule has 0 aliphatic heterocycles. The van der Waals surface area contributed by atoms with E-state index in [0.717, 1.165) is 36.2 Å². The molecule has 0 fully saturated rings. The predicted octanol–water partition coefficient (Wildman–Crippen LogP) is 1.87. The SMILES string of the molecule is N#Cc1cccc(Nc2nc3c(c(=O)[nH]2)CCC3)c1. The van der Waals surface area contributed by atoms with Gasteiger partial charge in [0.05, 0.1) is 17.3 Å². The first-order valence-corrected chi connectivity index (χ1v) is 6.15. The van der Waals surface area contributed by atoms with Crippen molar-refractivity contribution >= 4 is 11.6 Å². The molecule has 0 atom stereocenters. The van der Waals surface area contributed by atoms with E-state index in [2.05, 4.69) is 21.4 Å². The number of rotatable bonds is 2. The minimum atomic E-state index is -0.0681. The lowest BCUT2D eigenvalue weighted by molar-refractivity contribution is 0.899. The molecule has 0 saturated heterocycles. The summed E-state index contributed by atoms with van der Waals surface area (Å²) < 4.78 is 0. The Kier molecular flexibility index (Phi) is 2.76. The van der Waals surface area contributed by atoms with E-state index in [1.807, 2.05) is 6.07 Å². The fourth-order valence-electron chi connectivity index (χ4n) is 2.30. The standard InChI is InChI=1S/C14H12N4O/c15-8-9-3-1-4-10(7-9)16-14-17-12-6-2-5-11(12)13(19)18-14/h1,3-4,7H,2,5-6H2,(H2,16,17,18,19). The average molecular weight is 252 g/mol. The molecule has 0 unspecified atom stereocenters. The Hall–Kier alpha value is -2.61. The molecule has 1 aliphatic rings. The van der Waals surface area contributed by atoms with Crippen molar-refractivity contribution in [1.82, 2.24) is 9.97 Å². The highest BCUT2D eigenvalue weighted by molar-refractivity contribution is 5.56. The first kappa shape index (κ1) is 11.5. The molecule has 0 bridgehead atoms. The third kappa shape index (κ3) is 2.20. The van der Waals surface area contributed by atoms with Gasteiger partial charge in [0.2, 0.25) is 5.95 Å². The third-order valence-electron chi connectivity index (χ3n) is 3.20. The number of aromatic nitrogens is 2. The van der Waals surface area contributed by atoms with Crippen LogP contribution in [-0.4, -0.2) is 9.97 Å². The van der Waals surface area contributed by atoms with E-state index in [9.17, 15) is 4.79 Å². The number of H-pyrrole nitrogens is 1. The molecule has 0 radical (unpaired) electrons. The first-order chi connectivity index (χ1) is 9.26. The van der Waals surface area contributed by atoms with Gasteiger partial charge in [-0.1, -0.05) is 6.07 Å². The molecule has 1 heterocycles. The van der Waals surface area contributed by atoms with Crippen molar-refractivity contribution < 1.29 is 0 Å². The molecule has 2 aromatic rings. The highest BCUT2D eigenvalue weighted by Crippen LogP contribution is 2.19. The Labute approximate surface area is 109 Å². The van der Waals surface area contributed by atoms with Gasteiger partial charge in [-0.3, -0.25) is 9.78 Å². The lowest BCUT2D eigenvalue weighted by Crippen LogP contribution is -2.16. The van der Waals surface area contributed by atoms with Crippen LogP contribution in [0.5, 0.6) is 0 Å². The largest absolute Gasteiger partial charge is 0.326 e. The van der Waals surface area contributed by atoms with Crippen LogP contribution in [0.15, 0.2) is 29.1 Å². The van der Waals surface area contributed by atoms with E-state index in [1.54, 1.807) is 18.2 Å². The van der Waals surface area contributed by atoms with Crippen molar-refractivity contribution in [3.05, 3.63) is 51.4 Å². The van der Waals surface area contributed by atoms with Gasteiger partial charge < -0.3 is 5.32 Å². The minimum Gasteiger partial charge on any atom is -0.326 e. The summed E-state index contributed by atoms with van der Waals surface area (Å²) in [5.41, 5.74) is 2.91. The number of aromatic amines is 1. The Bertz CT molecular complexity index is 727. The molecule has 1 aliphatic carbocycles.